The molecule has 0 unspecified atom stereocenters. The first-order valence-electron chi connectivity index (χ1n) is 6.70. The molecule has 2 aromatic heterocycles. The molecule has 0 aliphatic heterocycles. The minimum atomic E-state index is 0.723. The van der Waals surface area contributed by atoms with Crippen LogP contribution in [0.1, 0.15) is 13.3 Å². The van der Waals surface area contributed by atoms with Crippen LogP contribution in [-0.4, -0.2) is 25.5 Å². The van der Waals surface area contributed by atoms with Crippen molar-refractivity contribution >= 4 is 33.8 Å². The fourth-order valence-electron chi connectivity index (χ4n) is 2.26. The number of fused-ring (bicyclic) bond motifs is 3. The van der Waals surface area contributed by atoms with Crippen LogP contribution in [0.4, 0.5) is 0 Å². The third-order valence-corrected chi connectivity index (χ3v) is 4.14. The molecule has 5 heteroatoms. The minimum absolute atomic E-state index is 0.723. The summed E-state index contributed by atoms with van der Waals surface area (Å²) >= 11 is 1.65. The van der Waals surface area contributed by atoms with Gasteiger partial charge in [-0.15, -0.1) is 16.8 Å². The maximum atomic E-state index is 4.67. The highest BCUT2D eigenvalue weighted by molar-refractivity contribution is 7.99. The van der Waals surface area contributed by atoms with Crippen molar-refractivity contribution in [3.63, 3.8) is 0 Å². The minimum Gasteiger partial charge on any atom is -0.320 e. The van der Waals surface area contributed by atoms with Crippen molar-refractivity contribution < 1.29 is 0 Å². The molecular weight excluding hydrogens is 268 g/mol. The average Bonchev–Trinajstić information content (AvgIpc) is 2.80. The number of rotatable bonds is 5. The average molecular weight is 284 g/mol. The Morgan fingerprint density at radius 2 is 2.15 bits per heavy atom. The van der Waals surface area contributed by atoms with E-state index in [1.165, 1.54) is 0 Å². The molecule has 0 fully saturated rings. The van der Waals surface area contributed by atoms with E-state index < -0.39 is 0 Å². The van der Waals surface area contributed by atoms with Gasteiger partial charge in [0.25, 0.3) is 0 Å². The number of allylic oxidation sites excluding steroid dienone is 1. The number of para-hydroxylation sites is 1. The summed E-state index contributed by atoms with van der Waals surface area (Å²) < 4.78 is 2.14. The van der Waals surface area contributed by atoms with Crippen LogP contribution in [0, 0.1) is 0 Å². The predicted molar refractivity (Wildman–Crippen MR) is 84.0 cm³/mol. The summed E-state index contributed by atoms with van der Waals surface area (Å²) in [5.74, 6) is 1.01. The van der Waals surface area contributed by atoms with Crippen molar-refractivity contribution in [1.82, 2.24) is 19.7 Å². The van der Waals surface area contributed by atoms with Crippen molar-refractivity contribution in [3.8, 4) is 0 Å². The highest BCUT2D eigenvalue weighted by Crippen LogP contribution is 2.27. The second-order valence-corrected chi connectivity index (χ2v) is 5.59. The van der Waals surface area contributed by atoms with Crippen molar-refractivity contribution in [2.45, 2.75) is 25.0 Å². The summed E-state index contributed by atoms with van der Waals surface area (Å²) in [4.78, 5) is 4.67. The molecule has 1 aromatic carbocycles. The predicted octanol–water partition coefficient (Wildman–Crippen LogP) is 3.67. The lowest BCUT2D eigenvalue weighted by molar-refractivity contribution is 0.827. The molecule has 0 atom stereocenters. The zero-order valence-corrected chi connectivity index (χ0v) is 12.2. The molecule has 2 heterocycles. The number of benzene rings is 1. The van der Waals surface area contributed by atoms with Gasteiger partial charge in [-0.1, -0.05) is 43.0 Å². The van der Waals surface area contributed by atoms with Gasteiger partial charge in [0.05, 0.1) is 5.52 Å². The summed E-state index contributed by atoms with van der Waals surface area (Å²) in [6, 6.07) is 8.19. The number of thioether (sulfide) groups is 1. The lowest BCUT2D eigenvalue weighted by Gasteiger charge is -2.02. The van der Waals surface area contributed by atoms with E-state index in [-0.39, 0.29) is 0 Å². The third-order valence-electron chi connectivity index (χ3n) is 3.10. The first-order chi connectivity index (χ1) is 9.85. The Morgan fingerprint density at radius 3 is 2.95 bits per heavy atom. The smallest absolute Gasteiger partial charge is 0.211 e. The van der Waals surface area contributed by atoms with E-state index in [4.69, 9.17) is 0 Å². The molecule has 0 N–H and O–H groups in total. The summed E-state index contributed by atoms with van der Waals surface area (Å²) in [7, 11) is 0. The summed E-state index contributed by atoms with van der Waals surface area (Å²) in [5, 5.41) is 10.4. The van der Waals surface area contributed by atoms with Crippen LogP contribution < -0.4 is 0 Å². The van der Waals surface area contributed by atoms with E-state index in [0.29, 0.717) is 0 Å². The largest absolute Gasteiger partial charge is 0.320 e. The first-order valence-corrected chi connectivity index (χ1v) is 7.69. The highest BCUT2D eigenvalue weighted by Gasteiger charge is 2.13. The Balaban J connectivity index is 2.23. The van der Waals surface area contributed by atoms with E-state index in [1.807, 2.05) is 18.2 Å². The maximum Gasteiger partial charge on any atom is 0.211 e. The molecule has 0 radical (unpaired) electrons. The van der Waals surface area contributed by atoms with Gasteiger partial charge in [0.15, 0.2) is 5.65 Å². The molecule has 0 spiro atoms. The summed E-state index contributed by atoms with van der Waals surface area (Å²) in [6.45, 7) is 6.70. The molecule has 3 rings (SSSR count). The van der Waals surface area contributed by atoms with E-state index in [2.05, 4.69) is 45.4 Å². The van der Waals surface area contributed by atoms with E-state index >= 15 is 0 Å². The van der Waals surface area contributed by atoms with Gasteiger partial charge >= 0.3 is 0 Å². The fraction of sp³-hybridized carbons (Fsp3) is 0.267. The number of aromatic nitrogens is 4. The normalized spacial score (nSPS) is 11.2. The Labute approximate surface area is 121 Å². The highest BCUT2D eigenvalue weighted by atomic mass is 32.2. The van der Waals surface area contributed by atoms with E-state index in [0.717, 1.165) is 45.9 Å². The lowest BCUT2D eigenvalue weighted by atomic mass is 10.2. The van der Waals surface area contributed by atoms with Gasteiger partial charge in [-0.2, -0.15) is 0 Å². The molecule has 0 amide bonds. The lowest BCUT2D eigenvalue weighted by Crippen LogP contribution is -1.99. The number of hydrogen-bond acceptors (Lipinski definition) is 4. The van der Waals surface area contributed by atoms with E-state index in [1.54, 1.807) is 11.8 Å². The van der Waals surface area contributed by atoms with Gasteiger partial charge in [-0.05, 0) is 12.5 Å². The second kappa shape index (κ2) is 5.63. The van der Waals surface area contributed by atoms with Crippen molar-refractivity contribution in [1.29, 1.82) is 0 Å². The molecule has 0 bridgehead atoms. The Morgan fingerprint density at radius 1 is 1.30 bits per heavy atom. The van der Waals surface area contributed by atoms with Crippen LogP contribution in [0.2, 0.25) is 0 Å². The molecule has 0 saturated carbocycles. The van der Waals surface area contributed by atoms with Gasteiger partial charge in [0, 0.05) is 17.7 Å². The molecule has 20 heavy (non-hydrogen) atoms. The summed E-state index contributed by atoms with van der Waals surface area (Å²) in [5.41, 5.74) is 2.88. The van der Waals surface area contributed by atoms with Crippen LogP contribution in [0.25, 0.3) is 22.1 Å². The first kappa shape index (κ1) is 13.1. The van der Waals surface area contributed by atoms with Gasteiger partial charge < -0.3 is 4.57 Å². The van der Waals surface area contributed by atoms with Gasteiger partial charge in [0.1, 0.15) is 5.52 Å². The van der Waals surface area contributed by atoms with Crippen LogP contribution in [0.15, 0.2) is 42.1 Å². The molecule has 0 aliphatic carbocycles. The van der Waals surface area contributed by atoms with Crippen molar-refractivity contribution in [2.75, 3.05) is 5.75 Å². The topological polar surface area (TPSA) is 43.6 Å². The SMILES string of the molecule is C=CCn1c2ccccc2c2nnc(SCCC)nc21. The Hall–Kier alpha value is -1.88. The third kappa shape index (κ3) is 2.18. The zero-order valence-electron chi connectivity index (χ0n) is 11.4. The number of nitrogens with zero attached hydrogens (tertiary/aromatic N) is 4. The molecule has 4 nitrogen and oxygen atoms in total. The van der Waals surface area contributed by atoms with E-state index in [9.17, 15) is 0 Å². The van der Waals surface area contributed by atoms with Crippen LogP contribution in [-0.2, 0) is 6.54 Å². The van der Waals surface area contributed by atoms with Crippen molar-refractivity contribution in [3.05, 3.63) is 36.9 Å². The van der Waals surface area contributed by atoms with Crippen LogP contribution >= 0.6 is 11.8 Å². The van der Waals surface area contributed by atoms with Gasteiger partial charge in [0.2, 0.25) is 5.16 Å². The second-order valence-electron chi connectivity index (χ2n) is 4.53. The Bertz CT molecular complexity index is 763. The van der Waals surface area contributed by atoms with Gasteiger partial charge in [-0.25, -0.2) is 4.98 Å². The molecule has 102 valence electrons. The maximum absolute atomic E-state index is 4.67. The number of hydrogen-bond donors (Lipinski definition) is 0. The molecular formula is C15H16N4S. The standard InChI is InChI=1S/C15H16N4S/c1-3-9-19-12-8-6-5-7-11(12)13-14(19)16-15(18-17-13)20-10-4-2/h3,5-8H,1,4,9-10H2,2H3. The van der Waals surface area contributed by atoms with Crippen LogP contribution in [0.3, 0.4) is 0 Å². The van der Waals surface area contributed by atoms with Gasteiger partial charge in [-0.3, -0.25) is 0 Å². The van der Waals surface area contributed by atoms with Crippen LogP contribution in [0.5, 0.6) is 0 Å². The molecule has 0 aliphatic rings. The zero-order chi connectivity index (χ0) is 13.9. The summed E-state index contributed by atoms with van der Waals surface area (Å²) in [6.07, 6.45) is 2.98. The Kier molecular flexibility index (Phi) is 3.69. The quantitative estimate of drug-likeness (QED) is 0.529. The van der Waals surface area contributed by atoms with Crippen molar-refractivity contribution in [2.24, 2.45) is 0 Å². The molecule has 0 saturated heterocycles. The fourth-order valence-corrected chi connectivity index (χ4v) is 2.89. The molecule has 3 aromatic rings. The monoisotopic (exact) mass is 284 g/mol.